The Hall–Kier alpha value is -4.08. The second-order valence-electron chi connectivity index (χ2n) is 11.0. The van der Waals surface area contributed by atoms with Crippen molar-refractivity contribution in [2.45, 2.75) is 33.1 Å². The highest BCUT2D eigenvalue weighted by atomic mass is 16.5. The van der Waals surface area contributed by atoms with Crippen LogP contribution < -0.4 is 10.1 Å². The molecule has 1 amide bonds. The lowest BCUT2D eigenvalue weighted by atomic mass is 9.92. The minimum Gasteiger partial charge on any atom is -0.492 e. The van der Waals surface area contributed by atoms with E-state index in [2.05, 4.69) is 15.2 Å². The number of carbonyl (C=O) groups excluding carboxylic acids is 2. The Kier molecular flexibility index (Phi) is 7.95. The van der Waals surface area contributed by atoms with Crippen molar-refractivity contribution in [2.24, 2.45) is 0 Å². The van der Waals surface area contributed by atoms with E-state index in [-0.39, 0.29) is 5.41 Å². The molecule has 0 aliphatic carbocycles. The van der Waals surface area contributed by atoms with E-state index in [9.17, 15) is 9.59 Å². The Morgan fingerprint density at radius 2 is 1.77 bits per heavy atom. The van der Waals surface area contributed by atoms with Crippen LogP contribution in [0.3, 0.4) is 0 Å². The van der Waals surface area contributed by atoms with Gasteiger partial charge in [0.1, 0.15) is 18.2 Å². The fraction of sp³-hybridized carbons (Fsp3) is 0.355. The number of carbonyl (C=O) groups is 2. The Labute approximate surface area is 234 Å². The molecule has 4 aromatic rings. The van der Waals surface area contributed by atoms with Crippen LogP contribution in [0.15, 0.2) is 60.8 Å². The molecule has 5 rings (SSSR count). The standard InChI is InChI=1S/C31H35N5O4/c1-21-9-10-22(20-32-21)36-28(19-27(34-36)31(2,3)4)33-30(38)29(37)25-11-12-26(24-8-6-5-7-23(24)25)40-18-15-35-13-16-39-17-14-35/h5-12,19-20H,13-18H2,1-4H3,(H,33,38). The first-order valence-corrected chi connectivity index (χ1v) is 13.5. The van der Waals surface area contributed by atoms with Crippen LogP contribution in [-0.4, -0.2) is 70.8 Å². The molecule has 208 valence electrons. The molecule has 9 heteroatoms. The van der Waals surface area contributed by atoms with Crippen molar-refractivity contribution in [1.82, 2.24) is 19.7 Å². The average molecular weight is 542 g/mol. The summed E-state index contributed by atoms with van der Waals surface area (Å²) in [6.45, 7) is 12.6. The highest BCUT2D eigenvalue weighted by Crippen LogP contribution is 2.30. The van der Waals surface area contributed by atoms with E-state index in [1.54, 1.807) is 29.1 Å². The molecule has 1 fully saturated rings. The van der Waals surface area contributed by atoms with Gasteiger partial charge in [0, 0.05) is 47.8 Å². The summed E-state index contributed by atoms with van der Waals surface area (Å²) in [4.78, 5) is 33.5. The van der Waals surface area contributed by atoms with Crippen molar-refractivity contribution < 1.29 is 19.1 Å². The zero-order chi connectivity index (χ0) is 28.3. The quantitative estimate of drug-likeness (QED) is 0.258. The van der Waals surface area contributed by atoms with Crippen molar-refractivity contribution in [3.63, 3.8) is 0 Å². The number of pyridine rings is 1. The van der Waals surface area contributed by atoms with Gasteiger partial charge in [-0.3, -0.25) is 19.5 Å². The monoisotopic (exact) mass is 541 g/mol. The maximum Gasteiger partial charge on any atom is 0.297 e. The topological polar surface area (TPSA) is 98.6 Å². The van der Waals surface area contributed by atoms with E-state index in [4.69, 9.17) is 14.6 Å². The molecule has 0 spiro atoms. The van der Waals surface area contributed by atoms with E-state index in [1.807, 2.05) is 64.1 Å². The number of aryl methyl sites for hydroxylation is 1. The maximum atomic E-state index is 13.5. The summed E-state index contributed by atoms with van der Waals surface area (Å²) in [5.41, 5.74) is 2.38. The number of anilines is 1. The lowest BCUT2D eigenvalue weighted by Crippen LogP contribution is -2.38. The lowest BCUT2D eigenvalue weighted by molar-refractivity contribution is -0.112. The molecule has 0 saturated carbocycles. The summed E-state index contributed by atoms with van der Waals surface area (Å²) in [6.07, 6.45) is 1.69. The predicted octanol–water partition coefficient (Wildman–Crippen LogP) is 4.56. The molecule has 40 heavy (non-hydrogen) atoms. The third-order valence-electron chi connectivity index (χ3n) is 6.96. The number of morpholine rings is 1. The van der Waals surface area contributed by atoms with Crippen molar-refractivity contribution >= 4 is 28.3 Å². The molecule has 1 saturated heterocycles. The number of hydrogen-bond donors (Lipinski definition) is 1. The molecule has 0 atom stereocenters. The number of nitrogens with zero attached hydrogens (tertiary/aromatic N) is 4. The summed E-state index contributed by atoms with van der Waals surface area (Å²) in [5.74, 6) is -0.294. The van der Waals surface area contributed by atoms with Crippen LogP contribution in [0.4, 0.5) is 5.82 Å². The van der Waals surface area contributed by atoms with Gasteiger partial charge in [0.2, 0.25) is 0 Å². The van der Waals surface area contributed by atoms with Crippen molar-refractivity contribution in [2.75, 3.05) is 44.8 Å². The number of aromatic nitrogens is 3. The summed E-state index contributed by atoms with van der Waals surface area (Å²) >= 11 is 0. The van der Waals surface area contributed by atoms with Crippen LogP contribution in [0.5, 0.6) is 5.75 Å². The van der Waals surface area contributed by atoms with Crippen LogP contribution in [0.25, 0.3) is 16.5 Å². The van der Waals surface area contributed by atoms with E-state index in [0.29, 0.717) is 34.8 Å². The van der Waals surface area contributed by atoms with Crippen molar-refractivity contribution in [1.29, 1.82) is 0 Å². The zero-order valence-electron chi connectivity index (χ0n) is 23.4. The second-order valence-corrected chi connectivity index (χ2v) is 11.0. The fourth-order valence-corrected chi connectivity index (χ4v) is 4.62. The van der Waals surface area contributed by atoms with Gasteiger partial charge < -0.3 is 14.8 Å². The zero-order valence-corrected chi connectivity index (χ0v) is 23.4. The molecule has 0 radical (unpaired) electrons. The largest absolute Gasteiger partial charge is 0.492 e. The van der Waals surface area contributed by atoms with E-state index >= 15 is 0 Å². The number of fused-ring (bicyclic) bond motifs is 1. The predicted molar refractivity (Wildman–Crippen MR) is 154 cm³/mol. The van der Waals surface area contributed by atoms with Gasteiger partial charge in [0.15, 0.2) is 0 Å². The lowest BCUT2D eigenvalue weighted by Gasteiger charge is -2.26. The maximum absolute atomic E-state index is 13.5. The van der Waals surface area contributed by atoms with E-state index in [0.717, 1.165) is 49.6 Å². The molecule has 9 nitrogen and oxygen atoms in total. The van der Waals surface area contributed by atoms with Crippen LogP contribution >= 0.6 is 0 Å². The Morgan fingerprint density at radius 1 is 1.02 bits per heavy atom. The first kappa shape index (κ1) is 27.5. The van der Waals surface area contributed by atoms with Gasteiger partial charge >= 0.3 is 0 Å². The number of ether oxygens (including phenoxy) is 2. The SMILES string of the molecule is Cc1ccc(-n2nc(C(C)(C)C)cc2NC(=O)C(=O)c2ccc(OCCN3CCOCC3)c3ccccc23)cn1. The van der Waals surface area contributed by atoms with Crippen LogP contribution in [0, 0.1) is 6.92 Å². The first-order valence-electron chi connectivity index (χ1n) is 13.5. The van der Waals surface area contributed by atoms with Gasteiger partial charge in [-0.2, -0.15) is 5.10 Å². The van der Waals surface area contributed by atoms with Crippen LogP contribution in [-0.2, 0) is 14.9 Å². The first-order chi connectivity index (χ1) is 19.2. The average Bonchev–Trinajstić information content (AvgIpc) is 3.38. The molecule has 2 aromatic carbocycles. The molecule has 0 bridgehead atoms. The number of Topliss-reactive ketones (excluding diaryl/α,β-unsaturated/α-hetero) is 1. The van der Waals surface area contributed by atoms with Gasteiger partial charge in [0.25, 0.3) is 11.7 Å². The Balaban J connectivity index is 1.38. The molecule has 1 aliphatic heterocycles. The molecule has 2 aromatic heterocycles. The Morgan fingerprint density at radius 3 is 2.48 bits per heavy atom. The highest BCUT2D eigenvalue weighted by molar-refractivity contribution is 6.48. The molecule has 0 unspecified atom stereocenters. The number of hydrogen-bond acceptors (Lipinski definition) is 7. The number of ketones is 1. The van der Waals surface area contributed by atoms with Crippen molar-refractivity contribution in [3.05, 3.63) is 77.7 Å². The molecular formula is C31H35N5O4. The summed E-state index contributed by atoms with van der Waals surface area (Å²) in [5, 5.41) is 8.97. The van der Waals surface area contributed by atoms with Gasteiger partial charge in [0.05, 0.1) is 30.8 Å². The van der Waals surface area contributed by atoms with Gasteiger partial charge in [-0.05, 0) is 36.6 Å². The molecule has 1 aliphatic rings. The number of rotatable bonds is 8. The molecule has 3 heterocycles. The minimum absolute atomic E-state index is 0.263. The number of benzene rings is 2. The van der Waals surface area contributed by atoms with Gasteiger partial charge in [-0.25, -0.2) is 4.68 Å². The smallest absolute Gasteiger partial charge is 0.297 e. The van der Waals surface area contributed by atoms with Crippen molar-refractivity contribution in [3.8, 4) is 11.4 Å². The third kappa shape index (κ3) is 6.05. The summed E-state index contributed by atoms with van der Waals surface area (Å²) in [6, 6.07) is 16.5. The summed E-state index contributed by atoms with van der Waals surface area (Å²) in [7, 11) is 0. The minimum atomic E-state index is -0.743. The third-order valence-corrected chi connectivity index (χ3v) is 6.96. The van der Waals surface area contributed by atoms with Crippen LogP contribution in [0.2, 0.25) is 0 Å². The Bertz CT molecular complexity index is 1520. The molecule has 1 N–H and O–H groups in total. The summed E-state index contributed by atoms with van der Waals surface area (Å²) < 4.78 is 13.1. The second kappa shape index (κ2) is 11.6. The van der Waals surface area contributed by atoms with Gasteiger partial charge in [-0.15, -0.1) is 0 Å². The molecular weight excluding hydrogens is 506 g/mol. The van der Waals surface area contributed by atoms with Crippen LogP contribution in [0.1, 0.15) is 42.5 Å². The number of nitrogens with one attached hydrogen (secondary N) is 1. The van der Waals surface area contributed by atoms with E-state index < -0.39 is 11.7 Å². The normalized spacial score (nSPS) is 14.3. The number of amides is 1. The highest BCUT2D eigenvalue weighted by Gasteiger charge is 2.25. The fourth-order valence-electron chi connectivity index (χ4n) is 4.62. The van der Waals surface area contributed by atoms with Gasteiger partial charge in [-0.1, -0.05) is 45.0 Å². The van der Waals surface area contributed by atoms with E-state index in [1.165, 1.54) is 0 Å².